The Kier molecular flexibility index (Phi) is 3.54. The molecule has 0 saturated carbocycles. The summed E-state index contributed by atoms with van der Waals surface area (Å²) in [6.45, 7) is 1.38. The van der Waals surface area contributed by atoms with Crippen molar-refractivity contribution in [2.45, 2.75) is 25.1 Å². The largest absolute Gasteiger partial charge is 0.392 e. The van der Waals surface area contributed by atoms with E-state index in [4.69, 9.17) is 0 Å². The van der Waals surface area contributed by atoms with Gasteiger partial charge in [0.15, 0.2) is 0 Å². The second kappa shape index (κ2) is 5.34. The van der Waals surface area contributed by atoms with Gasteiger partial charge in [-0.15, -0.1) is 0 Å². The summed E-state index contributed by atoms with van der Waals surface area (Å²) in [6.07, 6.45) is 4.17. The first kappa shape index (κ1) is 13.3. The van der Waals surface area contributed by atoms with E-state index < -0.39 is 0 Å². The Morgan fingerprint density at radius 1 is 1.35 bits per heavy atom. The van der Waals surface area contributed by atoms with Crippen LogP contribution in [-0.2, 0) is 13.6 Å². The number of aliphatic hydroxyl groups is 1. The highest BCUT2D eigenvalue weighted by atomic mass is 19.1. The number of benzene rings is 1. The Morgan fingerprint density at radius 3 is 2.75 bits per heavy atom. The first-order valence-electron chi connectivity index (χ1n) is 6.77. The van der Waals surface area contributed by atoms with Gasteiger partial charge in [0.2, 0.25) is 0 Å². The molecule has 1 aromatic carbocycles. The Labute approximate surface area is 117 Å². The molecule has 5 heteroatoms. The van der Waals surface area contributed by atoms with Crippen molar-refractivity contribution in [3.8, 4) is 0 Å². The molecule has 2 atom stereocenters. The number of halogens is 1. The molecule has 3 rings (SSSR count). The predicted molar refractivity (Wildman–Crippen MR) is 73.4 cm³/mol. The zero-order valence-electron chi connectivity index (χ0n) is 11.4. The molecular weight excluding hydrogens is 257 g/mol. The smallest absolute Gasteiger partial charge is 0.123 e. The highest BCUT2D eigenvalue weighted by molar-refractivity contribution is 5.22. The fraction of sp³-hybridized carbons (Fsp3) is 0.400. The number of likely N-dealkylation sites (tertiary alicyclic amines) is 1. The van der Waals surface area contributed by atoms with Gasteiger partial charge in [0.1, 0.15) is 5.82 Å². The van der Waals surface area contributed by atoms with Crippen molar-refractivity contribution in [3.63, 3.8) is 0 Å². The summed E-state index contributed by atoms with van der Waals surface area (Å²) in [6, 6.07) is 6.68. The molecular formula is C15H18FN3O. The van der Waals surface area contributed by atoms with E-state index in [9.17, 15) is 9.50 Å². The minimum Gasteiger partial charge on any atom is -0.392 e. The van der Waals surface area contributed by atoms with Crippen LogP contribution in [0.3, 0.4) is 0 Å². The molecule has 1 saturated heterocycles. The van der Waals surface area contributed by atoms with Crippen LogP contribution in [0, 0.1) is 5.82 Å². The first-order chi connectivity index (χ1) is 9.61. The van der Waals surface area contributed by atoms with Crippen molar-refractivity contribution in [2.75, 3.05) is 6.54 Å². The van der Waals surface area contributed by atoms with E-state index in [0.29, 0.717) is 13.0 Å². The quantitative estimate of drug-likeness (QED) is 0.929. The first-order valence-corrected chi connectivity index (χ1v) is 6.77. The lowest BCUT2D eigenvalue weighted by Gasteiger charge is -2.23. The van der Waals surface area contributed by atoms with Gasteiger partial charge in [-0.2, -0.15) is 5.10 Å². The topological polar surface area (TPSA) is 41.3 Å². The summed E-state index contributed by atoms with van der Waals surface area (Å²) in [5.41, 5.74) is 2.17. The van der Waals surface area contributed by atoms with Crippen LogP contribution in [0.2, 0.25) is 0 Å². The summed E-state index contributed by atoms with van der Waals surface area (Å²) in [7, 11) is 1.89. The SMILES string of the molecule is Cn1cc(CN2C[C@@H](O)C[C@H]2c2ccc(F)cc2)cn1. The molecule has 4 nitrogen and oxygen atoms in total. The van der Waals surface area contributed by atoms with E-state index >= 15 is 0 Å². The van der Waals surface area contributed by atoms with E-state index in [1.165, 1.54) is 12.1 Å². The monoisotopic (exact) mass is 275 g/mol. The van der Waals surface area contributed by atoms with Crippen LogP contribution in [0.15, 0.2) is 36.7 Å². The summed E-state index contributed by atoms with van der Waals surface area (Å²) in [5, 5.41) is 14.1. The Morgan fingerprint density at radius 2 is 2.10 bits per heavy atom. The van der Waals surface area contributed by atoms with Gasteiger partial charge in [-0.1, -0.05) is 12.1 Å². The molecule has 1 aliphatic rings. The molecule has 2 heterocycles. The van der Waals surface area contributed by atoms with Crippen molar-refractivity contribution in [1.82, 2.24) is 14.7 Å². The second-order valence-electron chi connectivity index (χ2n) is 5.41. The molecule has 20 heavy (non-hydrogen) atoms. The molecule has 0 amide bonds. The lowest BCUT2D eigenvalue weighted by atomic mass is 10.0. The summed E-state index contributed by atoms with van der Waals surface area (Å²) < 4.78 is 14.8. The van der Waals surface area contributed by atoms with E-state index in [-0.39, 0.29) is 18.0 Å². The van der Waals surface area contributed by atoms with Crippen molar-refractivity contribution >= 4 is 0 Å². The van der Waals surface area contributed by atoms with Gasteiger partial charge in [0.25, 0.3) is 0 Å². The maximum atomic E-state index is 13.0. The lowest BCUT2D eigenvalue weighted by Crippen LogP contribution is -2.24. The van der Waals surface area contributed by atoms with Gasteiger partial charge in [-0.05, 0) is 24.1 Å². The summed E-state index contributed by atoms with van der Waals surface area (Å²) in [4.78, 5) is 2.22. The number of hydrogen-bond acceptors (Lipinski definition) is 3. The Hall–Kier alpha value is -1.72. The van der Waals surface area contributed by atoms with Crippen molar-refractivity contribution in [1.29, 1.82) is 0 Å². The number of aryl methyl sites for hydroxylation is 1. The van der Waals surface area contributed by atoms with Crippen molar-refractivity contribution in [2.24, 2.45) is 7.05 Å². The fourth-order valence-electron chi connectivity index (χ4n) is 2.87. The van der Waals surface area contributed by atoms with Crippen LogP contribution >= 0.6 is 0 Å². The van der Waals surface area contributed by atoms with Gasteiger partial charge in [-0.3, -0.25) is 9.58 Å². The number of nitrogens with zero attached hydrogens (tertiary/aromatic N) is 3. The third-order valence-corrected chi connectivity index (χ3v) is 3.78. The van der Waals surface area contributed by atoms with Gasteiger partial charge in [0, 0.05) is 37.9 Å². The highest BCUT2D eigenvalue weighted by Crippen LogP contribution is 2.33. The van der Waals surface area contributed by atoms with Crippen LogP contribution < -0.4 is 0 Å². The van der Waals surface area contributed by atoms with Gasteiger partial charge < -0.3 is 5.11 Å². The number of β-amino-alcohol motifs (C(OH)–C–C–N with tert-alkyl or cyclic N) is 1. The Balaban J connectivity index is 1.79. The fourth-order valence-corrected chi connectivity index (χ4v) is 2.87. The standard InChI is InChI=1S/C15H18FN3O/c1-18-8-11(7-17-18)9-19-10-14(20)6-15(19)12-2-4-13(16)5-3-12/h2-5,7-8,14-15,20H,6,9-10H2,1H3/t14-,15-/m0/s1. The van der Waals surface area contributed by atoms with Gasteiger partial charge in [0.05, 0.1) is 12.3 Å². The zero-order chi connectivity index (χ0) is 14.1. The molecule has 1 aromatic heterocycles. The zero-order valence-corrected chi connectivity index (χ0v) is 11.4. The van der Waals surface area contributed by atoms with E-state index in [1.54, 1.807) is 16.8 Å². The van der Waals surface area contributed by atoms with Crippen molar-refractivity contribution in [3.05, 3.63) is 53.6 Å². The maximum absolute atomic E-state index is 13.0. The molecule has 1 fully saturated rings. The molecule has 0 aliphatic carbocycles. The number of rotatable bonds is 3. The van der Waals surface area contributed by atoms with Crippen LogP contribution in [-0.4, -0.2) is 32.4 Å². The predicted octanol–water partition coefficient (Wildman–Crippen LogP) is 1.87. The molecule has 2 aromatic rings. The number of aromatic nitrogens is 2. The van der Waals surface area contributed by atoms with E-state index in [0.717, 1.165) is 17.7 Å². The van der Waals surface area contributed by atoms with Gasteiger partial charge in [-0.25, -0.2) is 4.39 Å². The van der Waals surface area contributed by atoms with Crippen molar-refractivity contribution < 1.29 is 9.50 Å². The molecule has 0 unspecified atom stereocenters. The molecule has 0 spiro atoms. The van der Waals surface area contributed by atoms with Crippen LogP contribution in [0.1, 0.15) is 23.6 Å². The molecule has 106 valence electrons. The van der Waals surface area contributed by atoms with Crippen LogP contribution in [0.25, 0.3) is 0 Å². The van der Waals surface area contributed by atoms with E-state index in [1.807, 2.05) is 19.4 Å². The second-order valence-corrected chi connectivity index (χ2v) is 5.41. The third kappa shape index (κ3) is 2.73. The maximum Gasteiger partial charge on any atom is 0.123 e. The normalized spacial score (nSPS) is 23.4. The lowest BCUT2D eigenvalue weighted by molar-refractivity contribution is 0.172. The average molecular weight is 275 g/mol. The molecule has 1 N–H and O–H groups in total. The van der Waals surface area contributed by atoms with Crippen LogP contribution in [0.5, 0.6) is 0 Å². The summed E-state index contributed by atoms with van der Waals surface area (Å²) in [5.74, 6) is -0.230. The minimum atomic E-state index is -0.332. The summed E-state index contributed by atoms with van der Waals surface area (Å²) >= 11 is 0. The highest BCUT2D eigenvalue weighted by Gasteiger charge is 2.32. The molecule has 0 radical (unpaired) electrons. The van der Waals surface area contributed by atoms with Gasteiger partial charge >= 0.3 is 0 Å². The number of aliphatic hydroxyl groups excluding tert-OH is 1. The van der Waals surface area contributed by atoms with Crippen LogP contribution in [0.4, 0.5) is 4.39 Å². The average Bonchev–Trinajstić information content (AvgIpc) is 2.97. The minimum absolute atomic E-state index is 0.130. The Bertz CT molecular complexity index is 581. The van der Waals surface area contributed by atoms with E-state index in [2.05, 4.69) is 10.00 Å². The molecule has 1 aliphatic heterocycles. The number of hydrogen-bond donors (Lipinski definition) is 1. The third-order valence-electron chi connectivity index (χ3n) is 3.78. The molecule has 0 bridgehead atoms.